The number of hydrogen-bond donors (Lipinski definition) is 2. The van der Waals surface area contributed by atoms with E-state index in [0.29, 0.717) is 6.54 Å². The van der Waals surface area contributed by atoms with E-state index in [9.17, 15) is 4.79 Å². The molecule has 0 bridgehead atoms. The van der Waals surface area contributed by atoms with Crippen molar-refractivity contribution in [3.8, 4) is 0 Å². The number of carbonyl (C=O) groups is 1. The number of nitrogens with two attached hydrogens (primary N) is 1. The average molecular weight is 304 g/mol. The van der Waals surface area contributed by atoms with Crippen LogP contribution in [0.1, 0.15) is 37.3 Å². The summed E-state index contributed by atoms with van der Waals surface area (Å²) in [6, 6.07) is 0. The third kappa shape index (κ3) is 3.91. The molecule has 2 rings (SSSR count). The Morgan fingerprint density at radius 2 is 2.37 bits per heavy atom. The smallest absolute Gasteiger partial charge is 0.230 e. The molecule has 0 radical (unpaired) electrons. The first-order valence-electron chi connectivity index (χ1n) is 6.63. The van der Waals surface area contributed by atoms with Gasteiger partial charge in [0.05, 0.1) is 5.69 Å². The standard InChI is InChI=1S/C13H21N3OS.ClH/c1-3-9-4-5-10-11(6-9)18-13(15-10)16-12(17)8(2)7-14;/h8-9H,3-7,14H2,1-2H3,(H,15,16,17);1H. The van der Waals surface area contributed by atoms with Crippen molar-refractivity contribution in [1.82, 2.24) is 4.98 Å². The molecule has 108 valence electrons. The zero-order valence-corrected chi connectivity index (χ0v) is 13.1. The minimum Gasteiger partial charge on any atom is -0.330 e. The summed E-state index contributed by atoms with van der Waals surface area (Å²) in [5, 5.41) is 3.61. The predicted octanol–water partition coefficient (Wildman–Crippen LogP) is 2.61. The summed E-state index contributed by atoms with van der Waals surface area (Å²) in [4.78, 5) is 17.6. The van der Waals surface area contributed by atoms with Gasteiger partial charge in [-0.15, -0.1) is 23.7 Å². The molecule has 1 heterocycles. The van der Waals surface area contributed by atoms with Crippen LogP contribution in [-0.2, 0) is 17.6 Å². The highest BCUT2D eigenvalue weighted by atomic mass is 35.5. The summed E-state index contributed by atoms with van der Waals surface area (Å²) in [7, 11) is 0. The number of carbonyl (C=O) groups excluding carboxylic acids is 1. The maximum Gasteiger partial charge on any atom is 0.230 e. The van der Waals surface area contributed by atoms with Gasteiger partial charge in [0.15, 0.2) is 5.13 Å². The Labute approximate surface area is 124 Å². The molecule has 0 spiro atoms. The molecular formula is C13H22ClN3OS. The molecule has 2 unspecified atom stereocenters. The summed E-state index contributed by atoms with van der Waals surface area (Å²) in [6.07, 6.45) is 4.61. The van der Waals surface area contributed by atoms with E-state index in [1.54, 1.807) is 11.3 Å². The van der Waals surface area contributed by atoms with Crippen LogP contribution in [0.5, 0.6) is 0 Å². The number of halogens is 1. The number of anilines is 1. The maximum absolute atomic E-state index is 11.8. The van der Waals surface area contributed by atoms with E-state index in [1.165, 1.54) is 23.4 Å². The number of rotatable bonds is 4. The van der Waals surface area contributed by atoms with Crippen LogP contribution < -0.4 is 11.1 Å². The van der Waals surface area contributed by atoms with Crippen molar-refractivity contribution in [3.63, 3.8) is 0 Å². The fourth-order valence-electron chi connectivity index (χ4n) is 2.18. The number of thiazole rings is 1. The van der Waals surface area contributed by atoms with Gasteiger partial charge in [-0.2, -0.15) is 0 Å². The van der Waals surface area contributed by atoms with E-state index in [-0.39, 0.29) is 24.2 Å². The number of nitrogens with one attached hydrogen (secondary N) is 1. The highest BCUT2D eigenvalue weighted by molar-refractivity contribution is 7.15. The average Bonchev–Trinajstić information content (AvgIpc) is 2.78. The molecular weight excluding hydrogens is 282 g/mol. The fourth-order valence-corrected chi connectivity index (χ4v) is 3.31. The lowest BCUT2D eigenvalue weighted by Gasteiger charge is -2.18. The molecule has 19 heavy (non-hydrogen) atoms. The normalized spacial score (nSPS) is 19.2. The monoisotopic (exact) mass is 303 g/mol. The lowest BCUT2D eigenvalue weighted by molar-refractivity contribution is -0.119. The number of fused-ring (bicyclic) bond motifs is 1. The van der Waals surface area contributed by atoms with Crippen LogP contribution in [0.25, 0.3) is 0 Å². The van der Waals surface area contributed by atoms with Gasteiger partial charge in [-0.25, -0.2) is 4.98 Å². The van der Waals surface area contributed by atoms with Gasteiger partial charge in [0, 0.05) is 17.3 Å². The molecule has 1 aliphatic rings. The Balaban J connectivity index is 0.00000180. The molecule has 0 aliphatic heterocycles. The number of aromatic nitrogens is 1. The molecule has 2 atom stereocenters. The second-order valence-corrected chi connectivity index (χ2v) is 6.12. The Hall–Kier alpha value is -0.650. The van der Waals surface area contributed by atoms with Crippen LogP contribution in [0.2, 0.25) is 0 Å². The quantitative estimate of drug-likeness (QED) is 0.898. The third-order valence-corrected chi connectivity index (χ3v) is 4.69. The molecule has 0 saturated heterocycles. The Kier molecular flexibility index (Phi) is 6.23. The molecule has 0 fully saturated rings. The van der Waals surface area contributed by atoms with Gasteiger partial charge in [0.25, 0.3) is 0 Å². The topological polar surface area (TPSA) is 68.0 Å². The first-order valence-corrected chi connectivity index (χ1v) is 7.45. The minimum atomic E-state index is -0.158. The summed E-state index contributed by atoms with van der Waals surface area (Å²) < 4.78 is 0. The van der Waals surface area contributed by atoms with E-state index in [4.69, 9.17) is 5.73 Å². The third-order valence-electron chi connectivity index (χ3n) is 3.65. The number of hydrogen-bond acceptors (Lipinski definition) is 4. The summed E-state index contributed by atoms with van der Waals surface area (Å²) in [5.41, 5.74) is 6.66. The van der Waals surface area contributed by atoms with Crippen molar-refractivity contribution in [3.05, 3.63) is 10.6 Å². The van der Waals surface area contributed by atoms with Crippen molar-refractivity contribution >= 4 is 34.8 Å². The Morgan fingerprint density at radius 1 is 1.63 bits per heavy atom. The Bertz CT molecular complexity index is 436. The summed E-state index contributed by atoms with van der Waals surface area (Å²) in [6.45, 7) is 4.44. The van der Waals surface area contributed by atoms with Gasteiger partial charge in [0.2, 0.25) is 5.91 Å². The van der Waals surface area contributed by atoms with Crippen molar-refractivity contribution in [2.75, 3.05) is 11.9 Å². The van der Waals surface area contributed by atoms with E-state index < -0.39 is 0 Å². The minimum absolute atomic E-state index is 0. The van der Waals surface area contributed by atoms with Crippen LogP contribution in [0, 0.1) is 11.8 Å². The summed E-state index contributed by atoms with van der Waals surface area (Å²) >= 11 is 1.63. The first-order chi connectivity index (χ1) is 8.63. The van der Waals surface area contributed by atoms with E-state index >= 15 is 0 Å². The zero-order chi connectivity index (χ0) is 13.1. The lowest BCUT2D eigenvalue weighted by atomic mass is 9.89. The van der Waals surface area contributed by atoms with Crippen LogP contribution in [0.3, 0.4) is 0 Å². The SMILES string of the molecule is CCC1CCc2nc(NC(=O)C(C)CN)sc2C1.Cl. The number of amides is 1. The van der Waals surface area contributed by atoms with Crippen LogP contribution in [-0.4, -0.2) is 17.4 Å². The van der Waals surface area contributed by atoms with Crippen molar-refractivity contribution in [2.45, 2.75) is 39.5 Å². The number of nitrogens with zero attached hydrogens (tertiary/aromatic N) is 1. The van der Waals surface area contributed by atoms with E-state index in [0.717, 1.165) is 23.9 Å². The lowest BCUT2D eigenvalue weighted by Crippen LogP contribution is -2.26. The largest absolute Gasteiger partial charge is 0.330 e. The van der Waals surface area contributed by atoms with Gasteiger partial charge in [-0.1, -0.05) is 20.3 Å². The first kappa shape index (κ1) is 16.4. The molecule has 4 nitrogen and oxygen atoms in total. The van der Waals surface area contributed by atoms with Crippen LogP contribution >= 0.6 is 23.7 Å². The van der Waals surface area contributed by atoms with Gasteiger partial charge in [-0.3, -0.25) is 4.79 Å². The zero-order valence-electron chi connectivity index (χ0n) is 11.4. The van der Waals surface area contributed by atoms with Crippen molar-refractivity contribution in [1.29, 1.82) is 0 Å². The molecule has 1 aliphatic carbocycles. The molecule has 1 amide bonds. The second kappa shape index (κ2) is 7.22. The number of aryl methyl sites for hydroxylation is 1. The molecule has 1 aromatic rings. The van der Waals surface area contributed by atoms with Gasteiger partial charge >= 0.3 is 0 Å². The highest BCUT2D eigenvalue weighted by Gasteiger charge is 2.22. The fraction of sp³-hybridized carbons (Fsp3) is 0.692. The molecule has 0 saturated carbocycles. The highest BCUT2D eigenvalue weighted by Crippen LogP contribution is 2.33. The van der Waals surface area contributed by atoms with E-state index in [1.807, 2.05) is 6.92 Å². The van der Waals surface area contributed by atoms with Crippen molar-refractivity contribution < 1.29 is 4.79 Å². The van der Waals surface area contributed by atoms with Gasteiger partial charge in [-0.05, 0) is 25.2 Å². The predicted molar refractivity (Wildman–Crippen MR) is 82.0 cm³/mol. The van der Waals surface area contributed by atoms with Crippen LogP contribution in [0.15, 0.2) is 0 Å². The van der Waals surface area contributed by atoms with Gasteiger partial charge < -0.3 is 11.1 Å². The molecule has 6 heteroatoms. The molecule has 1 aromatic heterocycles. The van der Waals surface area contributed by atoms with Crippen molar-refractivity contribution in [2.24, 2.45) is 17.6 Å². The maximum atomic E-state index is 11.8. The van der Waals surface area contributed by atoms with Gasteiger partial charge in [0.1, 0.15) is 0 Å². The summed E-state index contributed by atoms with van der Waals surface area (Å²) in [5.74, 6) is 0.592. The molecule has 3 N–H and O–H groups in total. The molecule has 0 aromatic carbocycles. The second-order valence-electron chi connectivity index (χ2n) is 5.03. The van der Waals surface area contributed by atoms with E-state index in [2.05, 4.69) is 17.2 Å². The van der Waals surface area contributed by atoms with Crippen LogP contribution in [0.4, 0.5) is 5.13 Å². The Morgan fingerprint density at radius 3 is 3.00 bits per heavy atom.